The van der Waals surface area contributed by atoms with Gasteiger partial charge in [-0.15, -0.1) is 0 Å². The Morgan fingerprint density at radius 2 is 1.46 bits per heavy atom. The summed E-state index contributed by atoms with van der Waals surface area (Å²) < 4.78 is 175. The Labute approximate surface area is 203 Å². The largest absolute Gasteiger partial charge is 0.468 e. The van der Waals surface area contributed by atoms with Crippen molar-refractivity contribution in [2.75, 3.05) is 6.61 Å². The number of rotatable bonds is 11. The van der Waals surface area contributed by atoms with E-state index in [1.54, 1.807) is 0 Å². The summed E-state index contributed by atoms with van der Waals surface area (Å²) in [6, 6.07) is 0. The third kappa shape index (κ3) is 7.81. The molecule has 0 aromatic rings. The van der Waals surface area contributed by atoms with E-state index in [9.17, 15) is 61.9 Å². The lowest BCUT2D eigenvalue weighted by Crippen LogP contribution is -2.60. The van der Waals surface area contributed by atoms with Crippen LogP contribution in [0.2, 0.25) is 0 Å². The Hall–Kier alpha value is -1.89. The fourth-order valence-electron chi connectivity index (χ4n) is 3.10. The summed E-state index contributed by atoms with van der Waals surface area (Å²) in [5, 5.41) is -6.07. The van der Waals surface area contributed by atoms with Gasteiger partial charge in [0.2, 0.25) is 0 Å². The Kier molecular flexibility index (Phi) is 10.3. The van der Waals surface area contributed by atoms with Crippen LogP contribution in [0.4, 0.5) is 43.9 Å². The van der Waals surface area contributed by atoms with Crippen molar-refractivity contribution < 1.29 is 80.7 Å². The molecule has 0 radical (unpaired) electrons. The number of alkyl halides is 10. The summed E-state index contributed by atoms with van der Waals surface area (Å²) in [6.07, 6.45) is -17.3. The predicted molar refractivity (Wildman–Crippen MR) is 99.7 cm³/mol. The molecule has 37 heavy (non-hydrogen) atoms. The molecule has 1 saturated carbocycles. The molecule has 1 aliphatic rings. The van der Waals surface area contributed by atoms with Crippen LogP contribution in [0.25, 0.3) is 0 Å². The Morgan fingerprint density at radius 3 is 1.89 bits per heavy atom. The van der Waals surface area contributed by atoms with Crippen molar-refractivity contribution in [2.24, 2.45) is 5.92 Å². The fraction of sp³-hybridized carbons (Fsp3) is 0.889. The lowest BCUT2D eigenvalue weighted by Gasteiger charge is -2.35. The zero-order chi connectivity index (χ0) is 29.1. The van der Waals surface area contributed by atoms with Crippen molar-refractivity contribution >= 4 is 22.1 Å². The highest BCUT2D eigenvalue weighted by molar-refractivity contribution is 7.87. The molecule has 0 aromatic carbocycles. The summed E-state index contributed by atoms with van der Waals surface area (Å²) in [5.74, 6) is -16.3. The molecular weight excluding hydrogens is 566 g/mol. The minimum atomic E-state index is -6.67. The minimum absolute atomic E-state index is 0.0162. The van der Waals surface area contributed by atoms with Crippen molar-refractivity contribution in [1.82, 2.24) is 0 Å². The minimum Gasteiger partial charge on any atom is -0.448 e. The highest BCUT2D eigenvalue weighted by atomic mass is 32.2. The highest BCUT2D eigenvalue weighted by Gasteiger charge is 2.69. The van der Waals surface area contributed by atoms with Crippen molar-refractivity contribution in [2.45, 2.75) is 87.3 Å². The van der Waals surface area contributed by atoms with Crippen molar-refractivity contribution in [3.63, 3.8) is 0 Å². The van der Waals surface area contributed by atoms with Gasteiger partial charge in [0.05, 0.1) is 12.5 Å². The number of esters is 2. The number of carbonyl (C=O) groups excluding carboxylic acids is 2. The van der Waals surface area contributed by atoms with E-state index in [1.165, 1.54) is 0 Å². The molecule has 0 heterocycles. The van der Waals surface area contributed by atoms with Gasteiger partial charge in [-0.25, -0.2) is 4.79 Å². The smallest absolute Gasteiger partial charge is 0.448 e. The summed E-state index contributed by atoms with van der Waals surface area (Å²) in [7, 11) is -6.67. The highest BCUT2D eigenvalue weighted by Crippen LogP contribution is 2.43. The molecule has 0 bridgehead atoms. The molecule has 2 unspecified atom stereocenters. The van der Waals surface area contributed by atoms with Crippen LogP contribution in [0.3, 0.4) is 0 Å². The molecular formula is C18H22F10O8S. The average Bonchev–Trinajstić information content (AvgIpc) is 2.73. The second kappa shape index (κ2) is 11.5. The van der Waals surface area contributed by atoms with Crippen LogP contribution in [0.1, 0.15) is 51.9 Å². The van der Waals surface area contributed by atoms with Gasteiger partial charge in [-0.1, -0.05) is 19.3 Å². The van der Waals surface area contributed by atoms with Gasteiger partial charge in [-0.3, -0.25) is 9.35 Å². The molecule has 0 amide bonds. The maximum Gasteiger partial charge on any atom is 0.468 e. The first-order valence-corrected chi connectivity index (χ1v) is 11.9. The van der Waals surface area contributed by atoms with E-state index < -0.39 is 82.8 Å². The Bertz CT molecular complexity index is 912. The van der Waals surface area contributed by atoms with Crippen LogP contribution < -0.4 is 0 Å². The zero-order valence-corrected chi connectivity index (χ0v) is 19.6. The summed E-state index contributed by atoms with van der Waals surface area (Å²) in [6.45, 7) is -1.66. The van der Waals surface area contributed by atoms with E-state index in [0.29, 0.717) is 19.3 Å². The van der Waals surface area contributed by atoms with E-state index in [-0.39, 0.29) is 19.8 Å². The Balaban J connectivity index is 3.24. The van der Waals surface area contributed by atoms with Gasteiger partial charge in [0, 0.05) is 6.42 Å². The van der Waals surface area contributed by atoms with Gasteiger partial charge in [-0.05, 0) is 26.2 Å². The Morgan fingerprint density at radius 1 is 0.946 bits per heavy atom. The molecule has 2 atom stereocenters. The molecule has 0 aromatic heterocycles. The predicted octanol–water partition coefficient (Wildman–Crippen LogP) is 4.78. The van der Waals surface area contributed by atoms with E-state index >= 15 is 0 Å². The lowest BCUT2D eigenvalue weighted by atomic mass is 9.89. The molecule has 1 fully saturated rings. The summed E-state index contributed by atoms with van der Waals surface area (Å²) >= 11 is 0. The normalized spacial score (nSPS) is 19.1. The fourth-order valence-corrected chi connectivity index (χ4v) is 3.58. The topological polar surface area (TPSA) is 116 Å². The van der Waals surface area contributed by atoms with Crippen molar-refractivity contribution in [3.8, 4) is 0 Å². The first-order valence-electron chi connectivity index (χ1n) is 10.4. The maximum atomic E-state index is 13.9. The summed E-state index contributed by atoms with van der Waals surface area (Å²) in [5.41, 5.74) is 0. The second-order valence-corrected chi connectivity index (χ2v) is 9.57. The molecule has 1 rings (SSSR count). The molecule has 19 heteroatoms. The van der Waals surface area contributed by atoms with Gasteiger partial charge in [0.25, 0.3) is 0 Å². The third-order valence-corrected chi connectivity index (χ3v) is 6.21. The van der Waals surface area contributed by atoms with Gasteiger partial charge >= 0.3 is 51.4 Å². The molecule has 1 N–H and O–H groups in total. The molecule has 8 nitrogen and oxygen atoms in total. The number of hydrogen-bond donors (Lipinski definition) is 1. The van der Waals surface area contributed by atoms with Crippen molar-refractivity contribution in [1.29, 1.82) is 0 Å². The molecule has 0 aliphatic heterocycles. The number of halogens is 10. The van der Waals surface area contributed by atoms with Crippen LogP contribution in [-0.2, 0) is 33.9 Å². The van der Waals surface area contributed by atoms with Crippen LogP contribution >= 0.6 is 0 Å². The first-order chi connectivity index (χ1) is 16.5. The van der Waals surface area contributed by atoms with E-state index in [4.69, 9.17) is 4.55 Å². The monoisotopic (exact) mass is 588 g/mol. The van der Waals surface area contributed by atoms with Gasteiger partial charge in [0.1, 0.15) is 0 Å². The molecule has 1 aliphatic carbocycles. The molecule has 0 spiro atoms. The first kappa shape index (κ1) is 33.1. The van der Waals surface area contributed by atoms with Crippen LogP contribution in [0, 0.1) is 5.92 Å². The van der Waals surface area contributed by atoms with Crippen molar-refractivity contribution in [3.05, 3.63) is 0 Å². The number of hydrogen-bond acceptors (Lipinski definition) is 7. The van der Waals surface area contributed by atoms with E-state index in [2.05, 4.69) is 14.2 Å². The molecule has 0 saturated heterocycles. The lowest BCUT2D eigenvalue weighted by molar-refractivity contribution is -0.361. The maximum absolute atomic E-state index is 13.9. The van der Waals surface area contributed by atoms with Gasteiger partial charge < -0.3 is 14.2 Å². The van der Waals surface area contributed by atoms with Crippen LogP contribution in [0.15, 0.2) is 0 Å². The molecule has 218 valence electrons. The van der Waals surface area contributed by atoms with Crippen LogP contribution in [0.5, 0.6) is 0 Å². The third-order valence-electron chi connectivity index (χ3n) is 5.26. The van der Waals surface area contributed by atoms with E-state index in [1.807, 2.05) is 0 Å². The second-order valence-electron chi connectivity index (χ2n) is 8.11. The standard InChI is InChI=1S/C18H22F10O8S/c1-10(16(21,22)23)35-13(30)15(17(24,25)26,36-12(29)11-6-3-2-4-7-11)34-9-5-8-14(19,20)18(27,28)37(31,32)33/h10-11H,2-9H2,1H3,(H,31,32,33). The SMILES string of the molecule is CC(OC(=O)C(OCCCC(F)(F)C(F)(F)S(=O)(=O)O)(OC(=O)C1CCCCC1)C(F)(F)F)C(F)(F)F. The van der Waals surface area contributed by atoms with Crippen LogP contribution in [-0.4, -0.2) is 66.9 Å². The number of ether oxygens (including phenoxy) is 3. The zero-order valence-electron chi connectivity index (χ0n) is 18.8. The van der Waals surface area contributed by atoms with E-state index in [0.717, 1.165) is 0 Å². The quantitative estimate of drug-likeness (QED) is 0.121. The van der Waals surface area contributed by atoms with Gasteiger partial charge in [-0.2, -0.15) is 52.3 Å². The summed E-state index contributed by atoms with van der Waals surface area (Å²) in [4.78, 5) is 24.6. The van der Waals surface area contributed by atoms with Gasteiger partial charge in [0.15, 0.2) is 6.10 Å². The average molecular weight is 588 g/mol. The number of carbonyl (C=O) groups is 2.